The standard InChI is InChI=1S/C19H23IO2S/c1-3-5-6-7-8-16-13-17(23-18(16)20)14-9-11-15(12-10-14)19(21)22-4-2/h9-13H,3-8H2,1-2H3. The van der Waals surface area contributed by atoms with Crippen LogP contribution in [0.2, 0.25) is 0 Å². The van der Waals surface area contributed by atoms with Crippen molar-refractivity contribution in [1.82, 2.24) is 0 Å². The van der Waals surface area contributed by atoms with Gasteiger partial charge in [-0.2, -0.15) is 0 Å². The van der Waals surface area contributed by atoms with Crippen LogP contribution in [-0.4, -0.2) is 12.6 Å². The maximum absolute atomic E-state index is 11.7. The van der Waals surface area contributed by atoms with Gasteiger partial charge in [0.25, 0.3) is 0 Å². The molecule has 0 saturated carbocycles. The van der Waals surface area contributed by atoms with E-state index in [-0.39, 0.29) is 5.97 Å². The van der Waals surface area contributed by atoms with Crippen molar-refractivity contribution < 1.29 is 9.53 Å². The number of aryl methyl sites for hydroxylation is 1. The van der Waals surface area contributed by atoms with Crippen molar-refractivity contribution in [1.29, 1.82) is 0 Å². The number of carbonyl (C=O) groups excluding carboxylic acids is 1. The molecular weight excluding hydrogens is 419 g/mol. The van der Waals surface area contributed by atoms with E-state index < -0.39 is 0 Å². The van der Waals surface area contributed by atoms with Gasteiger partial charge in [0, 0.05) is 4.88 Å². The summed E-state index contributed by atoms with van der Waals surface area (Å²) in [6.45, 7) is 4.47. The Balaban J connectivity index is 2.05. The highest BCUT2D eigenvalue weighted by Gasteiger charge is 2.10. The summed E-state index contributed by atoms with van der Waals surface area (Å²) in [5.41, 5.74) is 3.23. The molecule has 1 aromatic heterocycles. The second kappa shape index (κ2) is 9.42. The topological polar surface area (TPSA) is 26.3 Å². The Morgan fingerprint density at radius 1 is 1.13 bits per heavy atom. The molecule has 2 nitrogen and oxygen atoms in total. The third-order valence-electron chi connectivity index (χ3n) is 3.74. The molecule has 1 heterocycles. The zero-order chi connectivity index (χ0) is 16.7. The van der Waals surface area contributed by atoms with Crippen molar-refractivity contribution in [2.45, 2.75) is 46.0 Å². The number of unbranched alkanes of at least 4 members (excludes halogenated alkanes) is 3. The van der Waals surface area contributed by atoms with E-state index in [1.54, 1.807) is 0 Å². The summed E-state index contributed by atoms with van der Waals surface area (Å²) in [6.07, 6.45) is 6.34. The predicted octanol–water partition coefficient (Wildman–Crippen LogP) is 6.32. The van der Waals surface area contributed by atoms with Gasteiger partial charge in [-0.15, -0.1) is 11.3 Å². The predicted molar refractivity (Wildman–Crippen MR) is 106 cm³/mol. The van der Waals surface area contributed by atoms with Gasteiger partial charge in [0.1, 0.15) is 0 Å². The molecule has 23 heavy (non-hydrogen) atoms. The number of hydrogen-bond acceptors (Lipinski definition) is 3. The van der Waals surface area contributed by atoms with Crippen molar-refractivity contribution in [2.24, 2.45) is 0 Å². The van der Waals surface area contributed by atoms with Gasteiger partial charge in [-0.3, -0.25) is 0 Å². The van der Waals surface area contributed by atoms with Crippen LogP contribution in [0.4, 0.5) is 0 Å². The number of ether oxygens (including phenoxy) is 1. The Hall–Kier alpha value is -0.880. The SMILES string of the molecule is CCCCCCc1cc(-c2ccc(C(=O)OCC)cc2)sc1I. The maximum atomic E-state index is 11.7. The Bertz CT molecular complexity index is 631. The van der Waals surface area contributed by atoms with E-state index >= 15 is 0 Å². The maximum Gasteiger partial charge on any atom is 0.338 e. The minimum atomic E-state index is -0.253. The van der Waals surface area contributed by atoms with Crippen molar-refractivity contribution in [3.05, 3.63) is 44.3 Å². The summed E-state index contributed by atoms with van der Waals surface area (Å²) in [7, 11) is 0. The van der Waals surface area contributed by atoms with Crippen LogP contribution < -0.4 is 0 Å². The summed E-state index contributed by atoms with van der Waals surface area (Å²) in [6, 6.07) is 10.0. The van der Waals surface area contributed by atoms with Crippen molar-refractivity contribution in [2.75, 3.05) is 6.61 Å². The monoisotopic (exact) mass is 442 g/mol. The summed E-state index contributed by atoms with van der Waals surface area (Å²) in [4.78, 5) is 13.0. The lowest BCUT2D eigenvalue weighted by atomic mass is 10.1. The Morgan fingerprint density at radius 2 is 1.87 bits per heavy atom. The molecule has 0 atom stereocenters. The first kappa shape index (κ1) is 18.5. The van der Waals surface area contributed by atoms with Crippen LogP contribution in [0.3, 0.4) is 0 Å². The second-order valence-electron chi connectivity index (χ2n) is 5.52. The van der Waals surface area contributed by atoms with Crippen LogP contribution in [0.1, 0.15) is 55.5 Å². The molecule has 0 saturated heterocycles. The number of rotatable bonds is 8. The average molecular weight is 442 g/mol. The largest absolute Gasteiger partial charge is 0.462 e. The summed E-state index contributed by atoms with van der Waals surface area (Å²) in [5.74, 6) is -0.253. The molecule has 0 radical (unpaired) electrons. The Kier molecular flexibility index (Phi) is 7.56. The molecule has 0 fully saturated rings. The number of esters is 1. The van der Waals surface area contributed by atoms with E-state index in [9.17, 15) is 4.79 Å². The Morgan fingerprint density at radius 3 is 2.52 bits per heavy atom. The molecule has 0 aliphatic carbocycles. The van der Waals surface area contributed by atoms with E-state index in [4.69, 9.17) is 4.74 Å². The molecule has 2 aromatic rings. The van der Waals surface area contributed by atoms with Crippen LogP contribution >= 0.6 is 33.9 Å². The fourth-order valence-corrected chi connectivity index (χ4v) is 4.52. The first-order valence-corrected chi connectivity index (χ1v) is 10.1. The van der Waals surface area contributed by atoms with Gasteiger partial charge in [0.05, 0.1) is 15.1 Å². The normalized spacial score (nSPS) is 10.7. The summed E-state index contributed by atoms with van der Waals surface area (Å²) >= 11 is 4.27. The fraction of sp³-hybridized carbons (Fsp3) is 0.421. The number of halogens is 1. The number of benzene rings is 1. The molecular formula is C19H23IO2S. The van der Waals surface area contributed by atoms with Gasteiger partial charge in [-0.25, -0.2) is 4.79 Å². The van der Waals surface area contributed by atoms with Gasteiger partial charge < -0.3 is 4.74 Å². The zero-order valence-corrected chi connectivity index (χ0v) is 16.7. The van der Waals surface area contributed by atoms with E-state index in [0.717, 1.165) is 6.42 Å². The van der Waals surface area contributed by atoms with Gasteiger partial charge in [0.15, 0.2) is 0 Å². The highest BCUT2D eigenvalue weighted by Crippen LogP contribution is 2.33. The molecule has 0 aliphatic rings. The second-order valence-corrected chi connectivity index (χ2v) is 8.38. The zero-order valence-electron chi connectivity index (χ0n) is 13.7. The third-order valence-corrected chi connectivity index (χ3v) is 6.11. The molecule has 2 rings (SSSR count). The minimum Gasteiger partial charge on any atom is -0.462 e. The first-order valence-electron chi connectivity index (χ1n) is 8.21. The molecule has 0 bridgehead atoms. The molecule has 4 heteroatoms. The number of hydrogen-bond donors (Lipinski definition) is 0. The van der Waals surface area contributed by atoms with Gasteiger partial charge >= 0.3 is 5.97 Å². The van der Waals surface area contributed by atoms with Crippen LogP contribution in [-0.2, 0) is 11.2 Å². The van der Waals surface area contributed by atoms with E-state index in [2.05, 4.69) is 35.6 Å². The lowest BCUT2D eigenvalue weighted by Gasteiger charge is -2.02. The molecule has 0 N–H and O–H groups in total. The van der Waals surface area contributed by atoms with Crippen molar-refractivity contribution >= 4 is 39.9 Å². The van der Waals surface area contributed by atoms with Crippen LogP contribution in [0, 0.1) is 2.88 Å². The number of thiophene rings is 1. The van der Waals surface area contributed by atoms with Gasteiger partial charge in [-0.05, 0) is 71.7 Å². The Labute approximate surface area is 156 Å². The quantitative estimate of drug-likeness (QED) is 0.272. The summed E-state index contributed by atoms with van der Waals surface area (Å²) in [5, 5.41) is 0. The highest BCUT2D eigenvalue weighted by molar-refractivity contribution is 14.1. The van der Waals surface area contributed by atoms with E-state index in [0.29, 0.717) is 12.2 Å². The summed E-state index contributed by atoms with van der Waals surface area (Å²) < 4.78 is 6.40. The lowest BCUT2D eigenvalue weighted by molar-refractivity contribution is 0.0526. The van der Waals surface area contributed by atoms with E-state index in [1.807, 2.05) is 42.5 Å². The van der Waals surface area contributed by atoms with Crippen LogP contribution in [0.15, 0.2) is 30.3 Å². The molecule has 124 valence electrons. The molecule has 1 aromatic carbocycles. The van der Waals surface area contributed by atoms with Crippen molar-refractivity contribution in [3.63, 3.8) is 0 Å². The fourth-order valence-electron chi connectivity index (χ4n) is 2.45. The first-order chi connectivity index (χ1) is 11.2. The average Bonchev–Trinajstić information content (AvgIpc) is 2.93. The van der Waals surface area contributed by atoms with Gasteiger partial charge in [0.2, 0.25) is 0 Å². The van der Waals surface area contributed by atoms with Gasteiger partial charge in [-0.1, -0.05) is 38.3 Å². The molecule has 0 unspecified atom stereocenters. The third kappa shape index (κ3) is 5.31. The molecule has 0 amide bonds. The van der Waals surface area contributed by atoms with Crippen LogP contribution in [0.25, 0.3) is 10.4 Å². The highest BCUT2D eigenvalue weighted by atomic mass is 127. The van der Waals surface area contributed by atoms with Crippen molar-refractivity contribution in [3.8, 4) is 10.4 Å². The molecule has 0 spiro atoms. The minimum absolute atomic E-state index is 0.253. The smallest absolute Gasteiger partial charge is 0.338 e. The molecule has 0 aliphatic heterocycles. The number of carbonyl (C=O) groups is 1. The van der Waals surface area contributed by atoms with Crippen LogP contribution in [0.5, 0.6) is 0 Å². The lowest BCUT2D eigenvalue weighted by Crippen LogP contribution is -2.03. The van der Waals surface area contributed by atoms with E-state index in [1.165, 1.54) is 44.6 Å².